The molecule has 0 aliphatic carbocycles. The van der Waals surface area contributed by atoms with Crippen LogP contribution in [0, 0.1) is 5.82 Å². The van der Waals surface area contributed by atoms with Crippen molar-refractivity contribution in [1.82, 2.24) is 14.5 Å². The fraction of sp³-hybridized carbons (Fsp3) is 0.226. The third-order valence-electron chi connectivity index (χ3n) is 7.09. The molecule has 1 saturated heterocycles. The van der Waals surface area contributed by atoms with Gasteiger partial charge in [0, 0.05) is 37.2 Å². The molecule has 1 aliphatic heterocycles. The highest BCUT2D eigenvalue weighted by Crippen LogP contribution is 2.29. The zero-order valence-corrected chi connectivity index (χ0v) is 23.9. The van der Waals surface area contributed by atoms with Gasteiger partial charge in [0.15, 0.2) is 12.3 Å². The summed E-state index contributed by atoms with van der Waals surface area (Å²) in [5.74, 6) is -0.389. The summed E-state index contributed by atoms with van der Waals surface area (Å²) in [5, 5.41) is 3.56. The summed E-state index contributed by atoms with van der Waals surface area (Å²) >= 11 is 11.9. The largest absolute Gasteiger partial charge is 0.484 e. The lowest BCUT2D eigenvalue weighted by atomic mass is 9.89. The molecule has 1 aromatic heterocycles. The molecule has 0 atom stereocenters. The highest BCUT2D eigenvalue weighted by atomic mass is 35.5. The molecule has 1 aliphatic rings. The summed E-state index contributed by atoms with van der Waals surface area (Å²) < 4.78 is 20.1. The number of piperidine rings is 1. The van der Waals surface area contributed by atoms with Gasteiger partial charge in [-0.05, 0) is 66.3 Å². The Kier molecular flexibility index (Phi) is 9.19. The monoisotopic (exact) mass is 608 g/mol. The number of amides is 2. The first-order chi connectivity index (χ1) is 20.3. The predicted molar refractivity (Wildman–Crippen MR) is 159 cm³/mol. The molecule has 216 valence electrons. The number of rotatable bonds is 8. The molecule has 42 heavy (non-hydrogen) atoms. The van der Waals surface area contributed by atoms with E-state index in [2.05, 4.69) is 10.3 Å². The van der Waals surface area contributed by atoms with E-state index in [0.717, 1.165) is 24.0 Å². The van der Waals surface area contributed by atoms with Gasteiger partial charge in [0.1, 0.15) is 11.6 Å². The fourth-order valence-corrected chi connectivity index (χ4v) is 5.11. The molecule has 8 nitrogen and oxygen atoms in total. The van der Waals surface area contributed by atoms with E-state index in [-0.39, 0.29) is 36.5 Å². The molecule has 0 radical (unpaired) electrons. The second-order valence-electron chi connectivity index (χ2n) is 9.94. The summed E-state index contributed by atoms with van der Waals surface area (Å²) in [6, 6.07) is 18.2. The molecule has 0 spiro atoms. The summed E-state index contributed by atoms with van der Waals surface area (Å²) in [5.41, 5.74) is 1.88. The van der Waals surface area contributed by atoms with Crippen LogP contribution in [0.5, 0.6) is 5.75 Å². The van der Waals surface area contributed by atoms with E-state index in [9.17, 15) is 18.8 Å². The number of anilines is 1. The second kappa shape index (κ2) is 13.2. The number of nitrogens with one attached hydrogen (secondary N) is 1. The highest BCUT2D eigenvalue weighted by Gasteiger charge is 2.27. The molecule has 5 rings (SSSR count). The first-order valence-electron chi connectivity index (χ1n) is 13.3. The summed E-state index contributed by atoms with van der Waals surface area (Å²) in [6.45, 7) is 1.01. The third-order valence-corrected chi connectivity index (χ3v) is 7.83. The van der Waals surface area contributed by atoms with Crippen LogP contribution >= 0.6 is 23.2 Å². The van der Waals surface area contributed by atoms with Crippen molar-refractivity contribution in [2.45, 2.75) is 25.3 Å². The average Bonchev–Trinajstić information content (AvgIpc) is 3.00. The molecular weight excluding hydrogens is 582 g/mol. The van der Waals surface area contributed by atoms with Crippen LogP contribution in [0.1, 0.15) is 40.4 Å². The summed E-state index contributed by atoms with van der Waals surface area (Å²) in [6.07, 6.45) is 4.41. The summed E-state index contributed by atoms with van der Waals surface area (Å²) in [4.78, 5) is 44.2. The number of aromatic nitrogens is 2. The van der Waals surface area contributed by atoms with Crippen LogP contribution < -0.4 is 15.6 Å². The van der Waals surface area contributed by atoms with E-state index in [1.165, 1.54) is 29.1 Å². The Morgan fingerprint density at radius 2 is 1.69 bits per heavy atom. The SMILES string of the molecule is O=C(COc1ccc(Cl)c(Cl)c1)Nc1ccc(C2CCN(C(=O)c3nccn(Cc4ccc(F)cc4)c3=O)CC2)cc1. The van der Waals surface area contributed by atoms with Crippen LogP contribution in [0.3, 0.4) is 0 Å². The van der Waals surface area contributed by atoms with E-state index in [1.54, 1.807) is 35.2 Å². The first kappa shape index (κ1) is 29.3. The average molecular weight is 609 g/mol. The topological polar surface area (TPSA) is 93.5 Å². The standard InChI is InChI=1S/C31H27Cl2FN4O4/c32-26-10-9-25(17-27(26)33)42-19-28(39)36-24-7-3-21(4-8-24)22-11-14-37(15-12-22)30(40)29-31(41)38(16-13-35-29)18-20-1-5-23(34)6-2-20/h1-10,13,16-17,22H,11-12,14-15,18-19H2,(H,36,39). The van der Waals surface area contributed by atoms with E-state index in [0.29, 0.717) is 34.6 Å². The van der Waals surface area contributed by atoms with Gasteiger partial charge in [-0.3, -0.25) is 14.4 Å². The van der Waals surface area contributed by atoms with Crippen molar-refractivity contribution in [2.24, 2.45) is 0 Å². The number of carbonyl (C=O) groups excluding carboxylic acids is 2. The fourth-order valence-electron chi connectivity index (χ4n) is 4.82. The summed E-state index contributed by atoms with van der Waals surface area (Å²) in [7, 11) is 0. The van der Waals surface area contributed by atoms with Crippen LogP contribution in [0.15, 0.2) is 83.9 Å². The second-order valence-corrected chi connectivity index (χ2v) is 10.8. The predicted octanol–water partition coefficient (Wildman–Crippen LogP) is 5.77. The maximum atomic E-state index is 13.2. The minimum absolute atomic E-state index is 0.124. The number of carbonyl (C=O) groups is 2. The molecule has 4 aromatic rings. The number of ether oxygens (including phenoxy) is 1. The van der Waals surface area contributed by atoms with Gasteiger partial charge in [-0.25, -0.2) is 9.37 Å². The van der Waals surface area contributed by atoms with E-state index >= 15 is 0 Å². The number of nitrogens with zero attached hydrogens (tertiary/aromatic N) is 3. The van der Waals surface area contributed by atoms with Gasteiger partial charge in [0.2, 0.25) is 0 Å². The van der Waals surface area contributed by atoms with Crippen LogP contribution in [-0.2, 0) is 11.3 Å². The lowest BCUT2D eigenvalue weighted by molar-refractivity contribution is -0.118. The minimum atomic E-state index is -0.478. The molecule has 1 N–H and O–H groups in total. The Morgan fingerprint density at radius 3 is 2.38 bits per heavy atom. The highest BCUT2D eigenvalue weighted by molar-refractivity contribution is 6.42. The molecule has 3 aromatic carbocycles. The van der Waals surface area contributed by atoms with Crippen molar-refractivity contribution in [3.8, 4) is 5.75 Å². The number of halogens is 3. The maximum Gasteiger partial charge on any atom is 0.282 e. The Bertz CT molecular complexity index is 1640. The van der Waals surface area contributed by atoms with Gasteiger partial charge in [-0.2, -0.15) is 0 Å². The van der Waals surface area contributed by atoms with Crippen LogP contribution in [0.2, 0.25) is 10.0 Å². The van der Waals surface area contributed by atoms with Gasteiger partial charge in [0.25, 0.3) is 17.4 Å². The lowest BCUT2D eigenvalue weighted by Crippen LogP contribution is -2.41. The molecule has 0 bridgehead atoms. The van der Waals surface area contributed by atoms with Crippen molar-refractivity contribution in [1.29, 1.82) is 0 Å². The molecule has 11 heteroatoms. The van der Waals surface area contributed by atoms with Gasteiger partial charge in [-0.15, -0.1) is 0 Å². The molecule has 1 fully saturated rings. The third kappa shape index (κ3) is 7.16. The molecule has 2 heterocycles. The van der Waals surface area contributed by atoms with Gasteiger partial charge < -0.3 is 19.5 Å². The number of hydrogen-bond donors (Lipinski definition) is 1. The maximum absolute atomic E-state index is 13.2. The van der Waals surface area contributed by atoms with Crippen molar-refractivity contribution in [3.63, 3.8) is 0 Å². The zero-order valence-electron chi connectivity index (χ0n) is 22.4. The quantitative estimate of drug-likeness (QED) is 0.274. The van der Waals surface area contributed by atoms with E-state index in [4.69, 9.17) is 27.9 Å². The van der Waals surface area contributed by atoms with Gasteiger partial charge in [-0.1, -0.05) is 47.5 Å². The van der Waals surface area contributed by atoms with Crippen molar-refractivity contribution in [2.75, 3.05) is 25.0 Å². The van der Waals surface area contributed by atoms with E-state index in [1.807, 2.05) is 24.3 Å². The Morgan fingerprint density at radius 1 is 0.976 bits per heavy atom. The van der Waals surface area contributed by atoms with Crippen molar-refractivity contribution in [3.05, 3.63) is 122 Å². The van der Waals surface area contributed by atoms with Crippen molar-refractivity contribution >= 4 is 40.7 Å². The van der Waals surface area contributed by atoms with Crippen LogP contribution in [0.25, 0.3) is 0 Å². The van der Waals surface area contributed by atoms with Gasteiger partial charge >= 0.3 is 0 Å². The first-order valence-corrected chi connectivity index (χ1v) is 14.1. The number of benzene rings is 3. The number of likely N-dealkylation sites (tertiary alicyclic amines) is 1. The van der Waals surface area contributed by atoms with Gasteiger partial charge in [0.05, 0.1) is 16.6 Å². The Balaban J connectivity index is 1.13. The normalized spacial score (nSPS) is 13.5. The Labute approximate surface area is 251 Å². The molecule has 0 saturated carbocycles. The molecular formula is C31H27Cl2FN4O4. The molecule has 0 unspecified atom stereocenters. The van der Waals surface area contributed by atoms with Crippen LogP contribution in [0.4, 0.5) is 10.1 Å². The minimum Gasteiger partial charge on any atom is -0.484 e. The zero-order chi connectivity index (χ0) is 29.6. The van der Waals surface area contributed by atoms with Crippen molar-refractivity contribution < 1.29 is 18.7 Å². The smallest absolute Gasteiger partial charge is 0.282 e. The van der Waals surface area contributed by atoms with E-state index < -0.39 is 11.5 Å². The Hall–Kier alpha value is -4.21. The lowest BCUT2D eigenvalue weighted by Gasteiger charge is -2.32. The van der Waals surface area contributed by atoms with Crippen LogP contribution in [-0.4, -0.2) is 46.0 Å². The number of hydrogen-bond acceptors (Lipinski definition) is 5. The molecule has 2 amide bonds.